The number of fused-ring (bicyclic) bond motifs is 1. The second-order valence-electron chi connectivity index (χ2n) is 4.65. The van der Waals surface area contributed by atoms with Crippen molar-refractivity contribution in [1.82, 2.24) is 0 Å². The molecule has 0 fully saturated rings. The molecule has 0 N–H and O–H groups in total. The van der Waals surface area contributed by atoms with Gasteiger partial charge in [0.15, 0.2) is 0 Å². The highest BCUT2D eigenvalue weighted by atomic mass is 31.2. The van der Waals surface area contributed by atoms with Gasteiger partial charge < -0.3 is 13.8 Å². The highest BCUT2D eigenvalue weighted by Gasteiger charge is 2.24. The molecule has 2 aromatic rings. The summed E-state index contributed by atoms with van der Waals surface area (Å²) in [6, 6.07) is 11.8. The van der Waals surface area contributed by atoms with Gasteiger partial charge in [-0.3, -0.25) is 4.57 Å². The second-order valence-corrected chi connectivity index (χ2v) is 6.71. The fraction of sp³-hybridized carbons (Fsp3) is 0.375. The lowest BCUT2D eigenvalue weighted by Crippen LogP contribution is -1.99. The minimum atomic E-state index is -3.06. The van der Waals surface area contributed by atoms with Gasteiger partial charge in [0.2, 0.25) is 0 Å². The van der Waals surface area contributed by atoms with E-state index >= 15 is 0 Å². The zero-order valence-electron chi connectivity index (χ0n) is 12.7. The van der Waals surface area contributed by atoms with Crippen molar-refractivity contribution >= 4 is 18.4 Å². The minimum absolute atomic E-state index is 0.288. The van der Waals surface area contributed by atoms with Crippen molar-refractivity contribution in [2.45, 2.75) is 20.0 Å². The van der Waals surface area contributed by atoms with Crippen LogP contribution in [0.15, 0.2) is 36.4 Å². The van der Waals surface area contributed by atoms with Gasteiger partial charge in [-0.2, -0.15) is 0 Å². The first-order chi connectivity index (χ1) is 10.1. The van der Waals surface area contributed by atoms with Gasteiger partial charge in [-0.1, -0.05) is 24.3 Å². The molecule has 0 heterocycles. The van der Waals surface area contributed by atoms with E-state index in [1.807, 2.05) is 50.2 Å². The molecule has 0 unspecified atom stereocenters. The third-order valence-corrected chi connectivity index (χ3v) is 5.20. The van der Waals surface area contributed by atoms with Crippen LogP contribution in [0.25, 0.3) is 10.8 Å². The molecule has 0 radical (unpaired) electrons. The number of rotatable bonds is 7. The molecule has 0 aromatic heterocycles. The number of ether oxygens (including phenoxy) is 1. The zero-order chi connectivity index (χ0) is 15.3. The number of methoxy groups -OCH3 is 1. The molecular weight excluding hydrogens is 287 g/mol. The van der Waals surface area contributed by atoms with E-state index in [-0.39, 0.29) is 6.16 Å². The van der Waals surface area contributed by atoms with Crippen LogP contribution in [0.3, 0.4) is 0 Å². The molecule has 5 heteroatoms. The monoisotopic (exact) mass is 308 g/mol. The normalized spacial score (nSPS) is 11.8. The van der Waals surface area contributed by atoms with E-state index in [2.05, 4.69) is 0 Å². The van der Waals surface area contributed by atoms with E-state index in [9.17, 15) is 4.57 Å². The van der Waals surface area contributed by atoms with Crippen LogP contribution in [-0.4, -0.2) is 20.3 Å². The Morgan fingerprint density at radius 3 is 2.19 bits per heavy atom. The predicted octanol–water partition coefficient (Wildman–Crippen LogP) is 4.61. The maximum atomic E-state index is 12.6. The first-order valence-corrected chi connectivity index (χ1v) is 8.78. The van der Waals surface area contributed by atoms with Crippen molar-refractivity contribution in [1.29, 1.82) is 0 Å². The summed E-state index contributed by atoms with van der Waals surface area (Å²) in [6.45, 7) is 4.39. The van der Waals surface area contributed by atoms with Crippen LogP contribution in [0.4, 0.5) is 0 Å². The summed E-state index contributed by atoms with van der Waals surface area (Å²) in [5, 5.41) is 2.16. The zero-order valence-corrected chi connectivity index (χ0v) is 13.6. The summed E-state index contributed by atoms with van der Waals surface area (Å²) >= 11 is 0. The molecule has 2 aromatic carbocycles. The van der Waals surface area contributed by atoms with Crippen molar-refractivity contribution in [3.8, 4) is 5.75 Å². The van der Waals surface area contributed by atoms with Gasteiger partial charge in [-0.25, -0.2) is 0 Å². The molecule has 0 saturated carbocycles. The lowest BCUT2D eigenvalue weighted by atomic mass is 10.1. The maximum absolute atomic E-state index is 12.6. The fourth-order valence-electron chi connectivity index (χ4n) is 2.24. The van der Waals surface area contributed by atoms with Crippen LogP contribution in [0, 0.1) is 0 Å². The fourth-order valence-corrected chi connectivity index (χ4v) is 3.93. The largest absolute Gasteiger partial charge is 0.497 e. The average Bonchev–Trinajstić information content (AvgIpc) is 2.47. The Morgan fingerprint density at radius 2 is 1.57 bits per heavy atom. The number of hydrogen-bond acceptors (Lipinski definition) is 4. The van der Waals surface area contributed by atoms with Gasteiger partial charge in [0.1, 0.15) is 5.75 Å². The Kier molecular flexibility index (Phi) is 5.40. The van der Waals surface area contributed by atoms with Gasteiger partial charge >= 0.3 is 7.60 Å². The van der Waals surface area contributed by atoms with Crippen LogP contribution in [0.5, 0.6) is 5.75 Å². The Labute approximate surface area is 125 Å². The Bertz CT molecular complexity index is 644. The second kappa shape index (κ2) is 7.08. The molecule has 114 valence electrons. The van der Waals surface area contributed by atoms with Crippen molar-refractivity contribution in [3.63, 3.8) is 0 Å². The summed E-state index contributed by atoms with van der Waals surface area (Å²) < 4.78 is 28.4. The predicted molar refractivity (Wildman–Crippen MR) is 85.1 cm³/mol. The molecule has 0 atom stereocenters. The summed E-state index contributed by atoms with van der Waals surface area (Å²) in [6.07, 6.45) is 0.288. The summed E-state index contributed by atoms with van der Waals surface area (Å²) in [4.78, 5) is 0. The summed E-state index contributed by atoms with van der Waals surface area (Å²) in [5.41, 5.74) is 0.943. The van der Waals surface area contributed by atoms with Crippen molar-refractivity contribution < 1.29 is 18.3 Å². The first-order valence-electron chi connectivity index (χ1n) is 7.05. The van der Waals surface area contributed by atoms with Gasteiger partial charge in [0.05, 0.1) is 26.5 Å². The van der Waals surface area contributed by atoms with Crippen LogP contribution in [0.1, 0.15) is 19.4 Å². The molecular formula is C16H21O4P. The van der Waals surface area contributed by atoms with E-state index in [4.69, 9.17) is 13.8 Å². The summed E-state index contributed by atoms with van der Waals surface area (Å²) in [7, 11) is -1.41. The van der Waals surface area contributed by atoms with Crippen molar-refractivity contribution in [3.05, 3.63) is 42.0 Å². The highest BCUT2D eigenvalue weighted by molar-refractivity contribution is 7.53. The average molecular weight is 308 g/mol. The lowest BCUT2D eigenvalue weighted by molar-refractivity contribution is 0.219. The standard InChI is InChI=1S/C16H21O4P/c1-4-19-21(17,20-5-2)12-13-6-7-15-11-16(18-3)9-8-14(15)10-13/h6-11H,4-5,12H2,1-3H3. The lowest BCUT2D eigenvalue weighted by Gasteiger charge is -2.17. The molecule has 0 amide bonds. The van der Waals surface area contributed by atoms with Gasteiger partial charge in [0, 0.05) is 0 Å². The van der Waals surface area contributed by atoms with E-state index in [1.165, 1.54) is 0 Å². The van der Waals surface area contributed by atoms with E-state index in [0.29, 0.717) is 13.2 Å². The number of hydrogen-bond donors (Lipinski definition) is 0. The molecule has 0 saturated heterocycles. The van der Waals surface area contributed by atoms with Gasteiger partial charge in [-0.05, 0) is 42.3 Å². The Morgan fingerprint density at radius 1 is 0.952 bits per heavy atom. The molecule has 0 aliphatic rings. The van der Waals surface area contributed by atoms with E-state index in [1.54, 1.807) is 7.11 Å². The van der Waals surface area contributed by atoms with Crippen LogP contribution in [-0.2, 0) is 19.8 Å². The highest BCUT2D eigenvalue weighted by Crippen LogP contribution is 2.51. The topological polar surface area (TPSA) is 44.8 Å². The third kappa shape index (κ3) is 4.07. The van der Waals surface area contributed by atoms with Crippen molar-refractivity contribution in [2.24, 2.45) is 0 Å². The molecule has 21 heavy (non-hydrogen) atoms. The molecule has 2 rings (SSSR count). The van der Waals surface area contributed by atoms with Gasteiger partial charge in [-0.15, -0.1) is 0 Å². The van der Waals surface area contributed by atoms with Crippen molar-refractivity contribution in [2.75, 3.05) is 20.3 Å². The van der Waals surface area contributed by atoms with Crippen LogP contribution in [0.2, 0.25) is 0 Å². The molecule has 4 nitrogen and oxygen atoms in total. The Balaban J connectivity index is 2.28. The van der Waals surface area contributed by atoms with E-state index < -0.39 is 7.60 Å². The maximum Gasteiger partial charge on any atom is 0.335 e. The Hall–Kier alpha value is -1.35. The van der Waals surface area contributed by atoms with Crippen LogP contribution < -0.4 is 4.74 Å². The molecule has 0 aliphatic heterocycles. The molecule has 0 bridgehead atoms. The number of benzene rings is 2. The molecule has 0 aliphatic carbocycles. The quantitative estimate of drug-likeness (QED) is 0.700. The van der Waals surface area contributed by atoms with E-state index in [0.717, 1.165) is 22.1 Å². The third-order valence-electron chi connectivity index (χ3n) is 3.14. The van der Waals surface area contributed by atoms with Crippen LogP contribution >= 0.6 is 7.60 Å². The minimum Gasteiger partial charge on any atom is -0.497 e. The SMILES string of the molecule is CCOP(=O)(Cc1ccc2cc(OC)ccc2c1)OCC. The van der Waals surface area contributed by atoms with Gasteiger partial charge in [0.25, 0.3) is 0 Å². The molecule has 0 spiro atoms. The smallest absolute Gasteiger partial charge is 0.335 e. The summed E-state index contributed by atoms with van der Waals surface area (Å²) in [5.74, 6) is 0.824. The first kappa shape index (κ1) is 16.0.